The molecule has 78 valence electrons. The Labute approximate surface area is 85.1 Å². The molecule has 0 aliphatic rings. The van der Waals surface area contributed by atoms with Crippen LogP contribution < -0.4 is 4.84 Å². The summed E-state index contributed by atoms with van der Waals surface area (Å²) in [5.41, 5.74) is 0.687. The zero-order valence-corrected chi connectivity index (χ0v) is 7.70. The maximum absolute atomic E-state index is 10.9. The number of hydrogen-bond donors (Lipinski definition) is 2. The Hall–Kier alpha value is -1.85. The van der Waals surface area contributed by atoms with Crippen LogP contribution in [0.25, 0.3) is 10.9 Å². The Bertz CT molecular complexity index is 489. The molecule has 2 N–H and O–H groups in total. The van der Waals surface area contributed by atoms with Gasteiger partial charge in [0.1, 0.15) is 0 Å². The number of aromatic nitrogens is 1. The first-order valence-electron chi connectivity index (χ1n) is 4.33. The number of nitrogens with zero attached hydrogens (tertiary/aromatic N) is 1. The van der Waals surface area contributed by atoms with Crippen molar-refractivity contribution in [2.45, 2.75) is 6.29 Å². The van der Waals surface area contributed by atoms with Crippen molar-refractivity contribution >= 4 is 16.9 Å². The van der Waals surface area contributed by atoms with Gasteiger partial charge in [0.25, 0.3) is 6.29 Å². The number of aliphatic hydroxyl groups is 2. The molecular weight excluding hydrogens is 198 g/mol. The summed E-state index contributed by atoms with van der Waals surface area (Å²) in [4.78, 5) is 15.6. The maximum Gasteiger partial charge on any atom is 0.388 e. The molecule has 5 heteroatoms. The van der Waals surface area contributed by atoms with Crippen LogP contribution in [0.15, 0.2) is 36.5 Å². The van der Waals surface area contributed by atoms with Crippen molar-refractivity contribution in [1.29, 1.82) is 0 Å². The zero-order valence-electron chi connectivity index (χ0n) is 7.70. The third-order valence-electron chi connectivity index (χ3n) is 1.96. The Balaban J connectivity index is 2.33. The monoisotopic (exact) mass is 207 g/mol. The van der Waals surface area contributed by atoms with E-state index in [2.05, 4.69) is 0 Å². The van der Waals surface area contributed by atoms with Crippen molar-refractivity contribution in [2.24, 2.45) is 0 Å². The summed E-state index contributed by atoms with van der Waals surface area (Å²) in [6.45, 7) is 0. The van der Waals surface area contributed by atoms with Crippen molar-refractivity contribution in [3.05, 3.63) is 36.5 Å². The fourth-order valence-electron chi connectivity index (χ4n) is 1.28. The van der Waals surface area contributed by atoms with Gasteiger partial charge in [-0.1, -0.05) is 18.2 Å². The predicted molar refractivity (Wildman–Crippen MR) is 51.8 cm³/mol. The van der Waals surface area contributed by atoms with Gasteiger partial charge in [-0.05, 0) is 12.1 Å². The standard InChI is InChI=1S/C10H9NO4/c12-9(13)10(14)15-11-6-5-7-3-1-2-4-8(7)11/h1-6,9,12-13H. The molecule has 2 aromatic rings. The van der Waals surface area contributed by atoms with E-state index in [9.17, 15) is 4.79 Å². The number of rotatable bonds is 2. The number of carbonyl (C=O) groups excluding carboxylic acids is 1. The molecule has 0 aliphatic heterocycles. The van der Waals surface area contributed by atoms with Gasteiger partial charge in [0.2, 0.25) is 0 Å². The summed E-state index contributed by atoms with van der Waals surface area (Å²) in [5.74, 6) is -1.11. The maximum atomic E-state index is 10.9. The van der Waals surface area contributed by atoms with Gasteiger partial charge in [0, 0.05) is 11.6 Å². The van der Waals surface area contributed by atoms with Crippen molar-refractivity contribution in [3.8, 4) is 0 Å². The van der Waals surface area contributed by atoms with Crippen LogP contribution in [0.3, 0.4) is 0 Å². The Kier molecular flexibility index (Phi) is 2.40. The Morgan fingerprint density at radius 2 is 2.00 bits per heavy atom. The average Bonchev–Trinajstić information content (AvgIpc) is 2.62. The molecule has 0 radical (unpaired) electrons. The minimum atomic E-state index is -2.12. The summed E-state index contributed by atoms with van der Waals surface area (Å²) < 4.78 is 1.19. The molecule has 0 spiro atoms. The van der Waals surface area contributed by atoms with E-state index in [4.69, 9.17) is 15.1 Å². The normalized spacial score (nSPS) is 10.9. The highest BCUT2D eigenvalue weighted by molar-refractivity contribution is 5.81. The lowest BCUT2D eigenvalue weighted by molar-refractivity contribution is -0.172. The van der Waals surface area contributed by atoms with Gasteiger partial charge >= 0.3 is 5.97 Å². The third kappa shape index (κ3) is 1.83. The molecule has 15 heavy (non-hydrogen) atoms. The van der Waals surface area contributed by atoms with Crippen molar-refractivity contribution < 1.29 is 19.8 Å². The van der Waals surface area contributed by atoms with Gasteiger partial charge in [-0.25, -0.2) is 4.79 Å². The van der Waals surface area contributed by atoms with Crippen LogP contribution in [-0.2, 0) is 4.79 Å². The highest BCUT2D eigenvalue weighted by Gasteiger charge is 2.14. The van der Waals surface area contributed by atoms with Gasteiger partial charge < -0.3 is 15.1 Å². The summed E-state index contributed by atoms with van der Waals surface area (Å²) in [7, 11) is 0. The third-order valence-corrected chi connectivity index (χ3v) is 1.96. The molecule has 0 saturated heterocycles. The predicted octanol–water partition coefficient (Wildman–Crippen LogP) is -0.0928. The molecule has 0 amide bonds. The summed E-state index contributed by atoms with van der Waals surface area (Å²) >= 11 is 0. The van der Waals surface area contributed by atoms with E-state index >= 15 is 0 Å². The van der Waals surface area contributed by atoms with E-state index in [-0.39, 0.29) is 0 Å². The molecular formula is C10H9NO4. The van der Waals surface area contributed by atoms with E-state index in [0.29, 0.717) is 5.52 Å². The first-order valence-corrected chi connectivity index (χ1v) is 4.33. The fraction of sp³-hybridized carbons (Fsp3) is 0.100. The lowest BCUT2D eigenvalue weighted by atomic mass is 10.3. The first kappa shape index (κ1) is 9.70. The largest absolute Gasteiger partial charge is 0.388 e. The van der Waals surface area contributed by atoms with Gasteiger partial charge in [0.05, 0.1) is 5.52 Å². The Morgan fingerprint density at radius 1 is 1.27 bits per heavy atom. The summed E-state index contributed by atoms with van der Waals surface area (Å²) in [6, 6.07) is 9.02. The average molecular weight is 207 g/mol. The molecule has 1 heterocycles. The molecule has 1 aromatic carbocycles. The van der Waals surface area contributed by atoms with Gasteiger partial charge in [-0.3, -0.25) is 0 Å². The lowest BCUT2D eigenvalue weighted by Crippen LogP contribution is -2.30. The summed E-state index contributed by atoms with van der Waals surface area (Å²) in [5, 5.41) is 18.0. The van der Waals surface area contributed by atoms with Crippen molar-refractivity contribution in [2.75, 3.05) is 0 Å². The van der Waals surface area contributed by atoms with E-state index in [1.54, 1.807) is 18.2 Å². The van der Waals surface area contributed by atoms with Crippen molar-refractivity contribution in [3.63, 3.8) is 0 Å². The molecule has 5 nitrogen and oxygen atoms in total. The second kappa shape index (κ2) is 3.72. The number of para-hydroxylation sites is 1. The number of benzene rings is 1. The highest BCUT2D eigenvalue weighted by Crippen LogP contribution is 2.13. The van der Waals surface area contributed by atoms with E-state index < -0.39 is 12.3 Å². The lowest BCUT2D eigenvalue weighted by Gasteiger charge is -2.06. The van der Waals surface area contributed by atoms with E-state index in [1.165, 1.54) is 10.9 Å². The van der Waals surface area contributed by atoms with Gasteiger partial charge in [-0.15, -0.1) is 0 Å². The molecule has 1 aromatic heterocycles. The minimum Gasteiger partial charge on any atom is -0.359 e. The fourth-order valence-corrected chi connectivity index (χ4v) is 1.28. The molecule has 0 bridgehead atoms. The van der Waals surface area contributed by atoms with Gasteiger partial charge in [0.15, 0.2) is 0 Å². The van der Waals surface area contributed by atoms with Crippen LogP contribution in [0.1, 0.15) is 0 Å². The Morgan fingerprint density at radius 3 is 2.73 bits per heavy atom. The number of fused-ring (bicyclic) bond motifs is 1. The van der Waals surface area contributed by atoms with Gasteiger partial charge in [-0.2, -0.15) is 4.73 Å². The van der Waals surface area contributed by atoms with Crippen LogP contribution in [0.2, 0.25) is 0 Å². The van der Waals surface area contributed by atoms with Crippen molar-refractivity contribution in [1.82, 2.24) is 4.73 Å². The molecule has 0 aliphatic carbocycles. The second-order valence-corrected chi connectivity index (χ2v) is 2.98. The number of aliphatic hydroxyl groups excluding tert-OH is 1. The zero-order chi connectivity index (χ0) is 10.8. The van der Waals surface area contributed by atoms with Crippen LogP contribution in [0.5, 0.6) is 0 Å². The molecule has 2 rings (SSSR count). The minimum absolute atomic E-state index is 0.687. The molecule has 0 fully saturated rings. The molecule has 0 unspecified atom stereocenters. The topological polar surface area (TPSA) is 71.7 Å². The SMILES string of the molecule is O=C(On1ccc2ccccc21)C(O)O. The second-order valence-electron chi connectivity index (χ2n) is 2.98. The molecule has 0 saturated carbocycles. The first-order chi connectivity index (χ1) is 7.18. The van der Waals surface area contributed by atoms with E-state index in [1.807, 2.05) is 12.1 Å². The number of carbonyl (C=O) groups is 1. The van der Waals surface area contributed by atoms with Crippen LogP contribution >= 0.6 is 0 Å². The summed E-state index contributed by atoms with van der Waals surface area (Å²) in [6.07, 6.45) is -0.587. The quantitative estimate of drug-likeness (QED) is 0.675. The highest BCUT2D eigenvalue weighted by atomic mass is 16.7. The smallest absolute Gasteiger partial charge is 0.359 e. The van der Waals surface area contributed by atoms with Crippen LogP contribution in [0, 0.1) is 0 Å². The molecule has 0 atom stereocenters. The van der Waals surface area contributed by atoms with E-state index in [0.717, 1.165) is 5.39 Å². The number of hydrogen-bond acceptors (Lipinski definition) is 4. The van der Waals surface area contributed by atoms with Crippen LogP contribution in [-0.4, -0.2) is 27.2 Å². The van der Waals surface area contributed by atoms with Crippen LogP contribution in [0.4, 0.5) is 0 Å².